The SMILES string of the molecule is N#Cc1cccc(N=C2C(=O)N(c3ccccc3I)c3ccccc32)c1. The van der Waals surface area contributed by atoms with E-state index < -0.39 is 0 Å². The molecule has 0 bridgehead atoms. The van der Waals surface area contributed by atoms with Crippen LogP contribution in [0.3, 0.4) is 0 Å². The molecule has 0 radical (unpaired) electrons. The Balaban J connectivity index is 1.88. The van der Waals surface area contributed by atoms with E-state index in [1.165, 1.54) is 0 Å². The molecule has 124 valence electrons. The molecule has 0 unspecified atom stereocenters. The van der Waals surface area contributed by atoms with Crippen molar-refractivity contribution in [1.29, 1.82) is 5.26 Å². The lowest BCUT2D eigenvalue weighted by Crippen LogP contribution is -2.26. The molecule has 1 aliphatic rings. The molecule has 4 rings (SSSR count). The van der Waals surface area contributed by atoms with Crippen LogP contribution in [0.5, 0.6) is 0 Å². The molecule has 3 aromatic rings. The van der Waals surface area contributed by atoms with Crippen molar-refractivity contribution in [1.82, 2.24) is 0 Å². The van der Waals surface area contributed by atoms with Gasteiger partial charge in [0, 0.05) is 9.13 Å². The second kappa shape index (κ2) is 6.73. The fourth-order valence-electron chi connectivity index (χ4n) is 2.95. The number of anilines is 2. The zero-order chi connectivity index (χ0) is 18.1. The number of fused-ring (bicyclic) bond motifs is 1. The van der Waals surface area contributed by atoms with Crippen molar-refractivity contribution in [2.45, 2.75) is 0 Å². The minimum absolute atomic E-state index is 0.169. The molecular weight excluding hydrogens is 437 g/mol. The van der Waals surface area contributed by atoms with Gasteiger partial charge in [-0.05, 0) is 59.0 Å². The molecule has 0 spiro atoms. The Hall–Kier alpha value is -2.98. The van der Waals surface area contributed by atoms with Gasteiger partial charge in [0.2, 0.25) is 0 Å². The highest BCUT2D eigenvalue weighted by Gasteiger charge is 2.35. The predicted octanol–water partition coefficient (Wildman–Crippen LogP) is 4.96. The van der Waals surface area contributed by atoms with E-state index in [-0.39, 0.29) is 5.91 Å². The summed E-state index contributed by atoms with van der Waals surface area (Å²) in [6.07, 6.45) is 0. The second-order valence-corrected chi connectivity index (χ2v) is 6.89. The minimum atomic E-state index is -0.169. The first-order valence-corrected chi connectivity index (χ1v) is 9.04. The molecule has 1 heterocycles. The monoisotopic (exact) mass is 449 g/mol. The Kier molecular flexibility index (Phi) is 4.27. The average molecular weight is 449 g/mol. The van der Waals surface area contributed by atoms with Crippen molar-refractivity contribution < 1.29 is 4.79 Å². The third-order valence-electron chi connectivity index (χ3n) is 4.12. The highest BCUT2D eigenvalue weighted by Crippen LogP contribution is 2.38. The Labute approximate surface area is 164 Å². The van der Waals surface area contributed by atoms with E-state index in [1.807, 2.05) is 48.5 Å². The van der Waals surface area contributed by atoms with E-state index in [4.69, 9.17) is 5.26 Å². The largest absolute Gasteiger partial charge is 0.282 e. The van der Waals surface area contributed by atoms with Crippen molar-refractivity contribution >= 4 is 51.3 Å². The zero-order valence-electron chi connectivity index (χ0n) is 13.6. The first-order valence-electron chi connectivity index (χ1n) is 7.96. The van der Waals surface area contributed by atoms with Crippen LogP contribution in [-0.2, 0) is 4.79 Å². The number of para-hydroxylation sites is 2. The summed E-state index contributed by atoms with van der Waals surface area (Å²) in [5.74, 6) is -0.169. The summed E-state index contributed by atoms with van der Waals surface area (Å²) < 4.78 is 0.987. The average Bonchev–Trinajstić information content (AvgIpc) is 2.94. The van der Waals surface area contributed by atoms with E-state index >= 15 is 0 Å². The van der Waals surface area contributed by atoms with Gasteiger partial charge in [-0.3, -0.25) is 9.69 Å². The van der Waals surface area contributed by atoms with Crippen molar-refractivity contribution in [3.8, 4) is 6.07 Å². The Morgan fingerprint density at radius 1 is 0.923 bits per heavy atom. The fraction of sp³-hybridized carbons (Fsp3) is 0. The molecule has 3 aromatic carbocycles. The van der Waals surface area contributed by atoms with Gasteiger partial charge in [0.15, 0.2) is 0 Å². The molecule has 4 nitrogen and oxygen atoms in total. The molecule has 1 amide bonds. The Morgan fingerprint density at radius 2 is 1.65 bits per heavy atom. The van der Waals surface area contributed by atoms with Gasteiger partial charge in [-0.2, -0.15) is 5.26 Å². The lowest BCUT2D eigenvalue weighted by atomic mass is 10.1. The molecule has 1 aliphatic heterocycles. The highest BCUT2D eigenvalue weighted by atomic mass is 127. The van der Waals surface area contributed by atoms with Crippen molar-refractivity contribution in [3.63, 3.8) is 0 Å². The highest BCUT2D eigenvalue weighted by molar-refractivity contribution is 14.1. The maximum atomic E-state index is 13.2. The van der Waals surface area contributed by atoms with Gasteiger partial charge >= 0.3 is 0 Å². The van der Waals surface area contributed by atoms with Crippen LogP contribution in [0.25, 0.3) is 0 Å². The first kappa shape index (κ1) is 16.5. The van der Waals surface area contributed by atoms with Crippen LogP contribution in [0.1, 0.15) is 11.1 Å². The summed E-state index contributed by atoms with van der Waals surface area (Å²) in [6.45, 7) is 0. The first-order chi connectivity index (χ1) is 12.7. The number of rotatable bonds is 2. The molecule has 0 fully saturated rings. The van der Waals surface area contributed by atoms with Crippen LogP contribution in [-0.4, -0.2) is 11.6 Å². The number of nitriles is 1. The number of nitrogens with zero attached hydrogens (tertiary/aromatic N) is 3. The van der Waals surface area contributed by atoms with E-state index in [0.717, 1.165) is 20.5 Å². The topological polar surface area (TPSA) is 56.5 Å². The van der Waals surface area contributed by atoms with Crippen molar-refractivity contribution in [2.75, 3.05) is 4.90 Å². The molecule has 0 aliphatic carbocycles. The van der Waals surface area contributed by atoms with Gasteiger partial charge in [0.1, 0.15) is 5.71 Å². The van der Waals surface area contributed by atoms with Crippen LogP contribution in [0, 0.1) is 14.9 Å². The quantitative estimate of drug-likeness (QED) is 0.520. The van der Waals surface area contributed by atoms with Gasteiger partial charge in [0.25, 0.3) is 5.91 Å². The predicted molar refractivity (Wildman–Crippen MR) is 110 cm³/mol. The lowest BCUT2D eigenvalue weighted by Gasteiger charge is -2.18. The van der Waals surface area contributed by atoms with Crippen LogP contribution in [0.2, 0.25) is 0 Å². The third kappa shape index (κ3) is 2.78. The van der Waals surface area contributed by atoms with Gasteiger partial charge in [-0.1, -0.05) is 36.4 Å². The molecule has 26 heavy (non-hydrogen) atoms. The number of hydrogen-bond acceptors (Lipinski definition) is 3. The van der Waals surface area contributed by atoms with Gasteiger partial charge in [-0.25, -0.2) is 4.99 Å². The number of carbonyl (C=O) groups is 1. The minimum Gasteiger partial charge on any atom is -0.274 e. The molecule has 5 heteroatoms. The molecule has 0 aromatic heterocycles. The number of halogens is 1. The Bertz CT molecular complexity index is 1100. The molecular formula is C21H12IN3O. The van der Waals surface area contributed by atoms with Crippen LogP contribution in [0.4, 0.5) is 17.1 Å². The maximum Gasteiger partial charge on any atom is 0.282 e. The summed E-state index contributed by atoms with van der Waals surface area (Å²) in [5.41, 5.74) is 3.93. The fourth-order valence-corrected chi connectivity index (χ4v) is 3.58. The van der Waals surface area contributed by atoms with Gasteiger partial charge in [-0.15, -0.1) is 0 Å². The molecule has 0 atom stereocenters. The van der Waals surface area contributed by atoms with Crippen LogP contribution in [0.15, 0.2) is 77.8 Å². The summed E-state index contributed by atoms with van der Waals surface area (Å²) in [4.78, 5) is 19.5. The third-order valence-corrected chi connectivity index (χ3v) is 5.03. The van der Waals surface area contributed by atoms with Gasteiger partial charge < -0.3 is 0 Å². The van der Waals surface area contributed by atoms with Crippen molar-refractivity contribution in [2.24, 2.45) is 4.99 Å². The smallest absolute Gasteiger partial charge is 0.274 e. The molecule has 0 N–H and O–H groups in total. The summed E-state index contributed by atoms with van der Waals surface area (Å²) in [6, 6.07) is 24.4. The number of hydrogen-bond donors (Lipinski definition) is 0. The van der Waals surface area contributed by atoms with Crippen LogP contribution >= 0.6 is 22.6 Å². The summed E-state index contributed by atoms with van der Waals surface area (Å²) in [5, 5.41) is 9.08. The maximum absolute atomic E-state index is 13.2. The Morgan fingerprint density at radius 3 is 2.42 bits per heavy atom. The van der Waals surface area contributed by atoms with E-state index in [9.17, 15) is 4.79 Å². The number of aliphatic imine (C=N–C) groups is 1. The standard InChI is InChI=1S/C21H12IN3O/c22-17-9-2-4-11-19(17)25-18-10-3-1-8-16(18)20(21(25)26)24-15-7-5-6-14(12-15)13-23/h1-12H. The summed E-state index contributed by atoms with van der Waals surface area (Å²) in [7, 11) is 0. The summed E-state index contributed by atoms with van der Waals surface area (Å²) >= 11 is 2.23. The van der Waals surface area contributed by atoms with Crippen LogP contribution < -0.4 is 4.90 Å². The molecule has 0 saturated carbocycles. The number of amides is 1. The van der Waals surface area contributed by atoms with E-state index in [1.54, 1.807) is 29.2 Å². The number of carbonyl (C=O) groups excluding carboxylic acids is 1. The number of benzene rings is 3. The van der Waals surface area contributed by atoms with Gasteiger partial charge in [0.05, 0.1) is 28.7 Å². The zero-order valence-corrected chi connectivity index (χ0v) is 15.7. The van der Waals surface area contributed by atoms with Crippen molar-refractivity contribution in [3.05, 3.63) is 87.5 Å². The lowest BCUT2D eigenvalue weighted by molar-refractivity contribution is -0.111. The molecule has 0 saturated heterocycles. The van der Waals surface area contributed by atoms with E-state index in [0.29, 0.717) is 17.0 Å². The van der Waals surface area contributed by atoms with E-state index in [2.05, 4.69) is 33.7 Å². The second-order valence-electron chi connectivity index (χ2n) is 5.73. The normalized spacial score (nSPS) is 14.4.